The topological polar surface area (TPSA) is 0 Å². The molecule has 1 aliphatic rings. The van der Waals surface area contributed by atoms with Gasteiger partial charge in [0, 0.05) is 0 Å². The van der Waals surface area contributed by atoms with Gasteiger partial charge in [0.1, 0.15) is 0 Å². The monoisotopic (exact) mass is 228 g/mol. The summed E-state index contributed by atoms with van der Waals surface area (Å²) in [6, 6.07) is 4.11. The molecule has 3 heteroatoms. The van der Waals surface area contributed by atoms with Crippen LogP contribution >= 0.6 is 0 Å². The minimum Gasteiger partial charge on any atom is -0.166 e. The van der Waals surface area contributed by atoms with Crippen molar-refractivity contribution in [2.75, 3.05) is 0 Å². The van der Waals surface area contributed by atoms with E-state index in [-0.39, 0.29) is 0 Å². The van der Waals surface area contributed by atoms with E-state index in [1.165, 1.54) is 12.1 Å². The average molecular weight is 228 g/mol. The van der Waals surface area contributed by atoms with Crippen LogP contribution in [0.1, 0.15) is 48.3 Å². The number of hydrogen-bond acceptors (Lipinski definition) is 0. The Hall–Kier alpha value is -0.990. The number of aryl methyl sites for hydroxylation is 1. The fraction of sp³-hybridized carbons (Fsp3) is 0.538. The van der Waals surface area contributed by atoms with Crippen molar-refractivity contribution in [3.8, 4) is 0 Å². The van der Waals surface area contributed by atoms with Crippen molar-refractivity contribution in [3.63, 3.8) is 0 Å². The van der Waals surface area contributed by atoms with Crippen molar-refractivity contribution >= 4 is 0 Å². The molecule has 88 valence electrons. The van der Waals surface area contributed by atoms with Gasteiger partial charge in [-0.3, -0.25) is 0 Å². The van der Waals surface area contributed by atoms with Crippen molar-refractivity contribution in [2.45, 2.75) is 44.7 Å². The standard InChI is InChI=1S/C13H15F3/c1-9-6-7-11(13(14,15)16)8-12(9)10-4-2-3-5-10/h6-8,10H,2-5H2,1H3. The van der Waals surface area contributed by atoms with E-state index in [1.807, 2.05) is 6.92 Å². The van der Waals surface area contributed by atoms with Crippen LogP contribution in [0.15, 0.2) is 18.2 Å². The first-order valence-corrected chi connectivity index (χ1v) is 5.66. The maximum Gasteiger partial charge on any atom is 0.416 e. The third kappa shape index (κ3) is 2.23. The number of alkyl halides is 3. The van der Waals surface area contributed by atoms with Crippen LogP contribution in [0.4, 0.5) is 13.2 Å². The van der Waals surface area contributed by atoms with E-state index < -0.39 is 11.7 Å². The molecule has 0 amide bonds. The predicted molar refractivity (Wildman–Crippen MR) is 57.4 cm³/mol. The molecule has 1 saturated carbocycles. The summed E-state index contributed by atoms with van der Waals surface area (Å²) in [6.45, 7) is 1.90. The normalized spacial score (nSPS) is 18.0. The Morgan fingerprint density at radius 3 is 2.31 bits per heavy atom. The zero-order chi connectivity index (χ0) is 11.8. The largest absolute Gasteiger partial charge is 0.416 e. The van der Waals surface area contributed by atoms with Crippen molar-refractivity contribution in [1.29, 1.82) is 0 Å². The van der Waals surface area contributed by atoms with Gasteiger partial charge in [-0.05, 0) is 48.9 Å². The minimum atomic E-state index is -4.22. The fourth-order valence-corrected chi connectivity index (χ4v) is 2.49. The first-order chi connectivity index (χ1) is 7.48. The van der Waals surface area contributed by atoms with E-state index in [4.69, 9.17) is 0 Å². The summed E-state index contributed by atoms with van der Waals surface area (Å²) in [5.74, 6) is 0.335. The molecule has 0 atom stereocenters. The van der Waals surface area contributed by atoms with Gasteiger partial charge in [-0.25, -0.2) is 0 Å². The molecule has 0 nitrogen and oxygen atoms in total. The molecule has 0 unspecified atom stereocenters. The third-order valence-corrected chi connectivity index (χ3v) is 3.40. The lowest BCUT2D eigenvalue weighted by Gasteiger charge is -2.16. The SMILES string of the molecule is Cc1ccc(C(F)(F)F)cc1C1CCCC1. The van der Waals surface area contributed by atoms with E-state index in [2.05, 4.69) is 0 Å². The molecule has 1 aromatic carbocycles. The van der Waals surface area contributed by atoms with Gasteiger partial charge in [0.2, 0.25) is 0 Å². The molecule has 0 saturated heterocycles. The molecular weight excluding hydrogens is 213 g/mol. The van der Waals surface area contributed by atoms with E-state index in [1.54, 1.807) is 6.07 Å². The van der Waals surface area contributed by atoms with Gasteiger partial charge >= 0.3 is 6.18 Å². The quantitative estimate of drug-likeness (QED) is 0.655. The molecule has 16 heavy (non-hydrogen) atoms. The van der Waals surface area contributed by atoms with Gasteiger partial charge in [-0.15, -0.1) is 0 Å². The Labute approximate surface area is 93.5 Å². The molecular formula is C13H15F3. The molecule has 0 spiro atoms. The van der Waals surface area contributed by atoms with Crippen LogP contribution in [0.5, 0.6) is 0 Å². The van der Waals surface area contributed by atoms with Crippen molar-refractivity contribution in [1.82, 2.24) is 0 Å². The summed E-state index contributed by atoms with van der Waals surface area (Å²) in [5.41, 5.74) is 1.37. The second kappa shape index (κ2) is 4.11. The molecule has 0 bridgehead atoms. The molecule has 1 aliphatic carbocycles. The maximum atomic E-state index is 12.6. The molecule has 0 heterocycles. The van der Waals surface area contributed by atoms with Crippen LogP contribution in [0.25, 0.3) is 0 Å². The number of hydrogen-bond donors (Lipinski definition) is 0. The summed E-state index contributed by atoms with van der Waals surface area (Å²) < 4.78 is 37.8. The highest BCUT2D eigenvalue weighted by molar-refractivity contribution is 5.35. The fourth-order valence-electron chi connectivity index (χ4n) is 2.49. The summed E-state index contributed by atoms with van der Waals surface area (Å²) in [7, 11) is 0. The molecule has 0 aliphatic heterocycles. The van der Waals surface area contributed by atoms with Crippen LogP contribution in [-0.2, 0) is 6.18 Å². The molecule has 0 N–H and O–H groups in total. The molecule has 1 aromatic rings. The Bertz CT molecular complexity index is 373. The summed E-state index contributed by atoms with van der Waals surface area (Å²) in [6.07, 6.45) is 0.117. The summed E-state index contributed by atoms with van der Waals surface area (Å²) >= 11 is 0. The Morgan fingerprint density at radius 1 is 1.12 bits per heavy atom. The summed E-state index contributed by atoms with van der Waals surface area (Å²) in [5, 5.41) is 0. The smallest absolute Gasteiger partial charge is 0.166 e. The molecule has 0 aromatic heterocycles. The highest BCUT2D eigenvalue weighted by atomic mass is 19.4. The van der Waals surface area contributed by atoms with E-state index in [9.17, 15) is 13.2 Å². The van der Waals surface area contributed by atoms with Gasteiger partial charge < -0.3 is 0 Å². The predicted octanol–water partition coefficient (Wildman–Crippen LogP) is 4.67. The van der Waals surface area contributed by atoms with Crippen LogP contribution in [0, 0.1) is 6.92 Å². The van der Waals surface area contributed by atoms with Crippen LogP contribution in [-0.4, -0.2) is 0 Å². The Balaban J connectivity index is 2.36. The zero-order valence-corrected chi connectivity index (χ0v) is 9.27. The van der Waals surface area contributed by atoms with Crippen LogP contribution in [0.3, 0.4) is 0 Å². The van der Waals surface area contributed by atoms with E-state index in [0.29, 0.717) is 5.92 Å². The van der Waals surface area contributed by atoms with Crippen LogP contribution in [0.2, 0.25) is 0 Å². The first-order valence-electron chi connectivity index (χ1n) is 5.66. The summed E-state index contributed by atoms with van der Waals surface area (Å²) in [4.78, 5) is 0. The Kier molecular flexibility index (Phi) is 2.96. The van der Waals surface area contributed by atoms with E-state index in [0.717, 1.165) is 36.8 Å². The second-order valence-electron chi connectivity index (χ2n) is 4.55. The van der Waals surface area contributed by atoms with Crippen molar-refractivity contribution in [3.05, 3.63) is 34.9 Å². The van der Waals surface area contributed by atoms with Crippen molar-refractivity contribution < 1.29 is 13.2 Å². The molecule has 2 rings (SSSR count). The number of benzene rings is 1. The first kappa shape index (κ1) is 11.5. The van der Waals surface area contributed by atoms with Gasteiger partial charge in [0.15, 0.2) is 0 Å². The van der Waals surface area contributed by atoms with Gasteiger partial charge in [-0.1, -0.05) is 18.9 Å². The number of rotatable bonds is 1. The average Bonchev–Trinajstić information content (AvgIpc) is 2.69. The van der Waals surface area contributed by atoms with Crippen LogP contribution < -0.4 is 0 Å². The maximum absolute atomic E-state index is 12.6. The highest BCUT2D eigenvalue weighted by Gasteiger charge is 2.31. The highest BCUT2D eigenvalue weighted by Crippen LogP contribution is 2.38. The van der Waals surface area contributed by atoms with Crippen molar-refractivity contribution in [2.24, 2.45) is 0 Å². The lowest BCUT2D eigenvalue weighted by molar-refractivity contribution is -0.137. The second-order valence-corrected chi connectivity index (χ2v) is 4.55. The molecule has 0 radical (unpaired) electrons. The minimum absolute atomic E-state index is 0.335. The van der Waals surface area contributed by atoms with Gasteiger partial charge in [-0.2, -0.15) is 13.2 Å². The lowest BCUT2D eigenvalue weighted by Crippen LogP contribution is -2.07. The molecule has 1 fully saturated rings. The number of halogens is 3. The van der Waals surface area contributed by atoms with Gasteiger partial charge in [0.05, 0.1) is 5.56 Å². The Morgan fingerprint density at radius 2 is 1.75 bits per heavy atom. The third-order valence-electron chi connectivity index (χ3n) is 3.40. The zero-order valence-electron chi connectivity index (χ0n) is 9.27. The lowest BCUT2D eigenvalue weighted by atomic mass is 9.92. The van der Waals surface area contributed by atoms with E-state index >= 15 is 0 Å². The van der Waals surface area contributed by atoms with Gasteiger partial charge in [0.25, 0.3) is 0 Å².